The summed E-state index contributed by atoms with van der Waals surface area (Å²) < 4.78 is 182. The van der Waals surface area contributed by atoms with Crippen LogP contribution in [0.3, 0.4) is 0 Å². The van der Waals surface area contributed by atoms with Gasteiger partial charge in [0.1, 0.15) is 22.8 Å². The standard InChI is InChI=1S/C19H6F14O2/c20-10-3-6(1-8(16(22,23)24)14(10)18(28,29)30)12(34)5-13(35)7-2-9(17(25,26)27)15(11(21)4-7)19(31,32)33/h1-5,34H/p-1/b12-5-. The van der Waals surface area contributed by atoms with E-state index in [0.717, 1.165) is 0 Å². The number of hydrogen-bond donors (Lipinski definition) is 0. The third-order valence-corrected chi connectivity index (χ3v) is 4.19. The van der Waals surface area contributed by atoms with Crippen LogP contribution in [0, 0.1) is 11.6 Å². The Hall–Kier alpha value is -3.33. The molecule has 0 saturated carbocycles. The van der Waals surface area contributed by atoms with Gasteiger partial charge in [0.15, 0.2) is 5.78 Å². The minimum absolute atomic E-state index is 0.349. The van der Waals surface area contributed by atoms with Gasteiger partial charge in [0.2, 0.25) is 0 Å². The lowest BCUT2D eigenvalue weighted by molar-refractivity contribution is -0.243. The van der Waals surface area contributed by atoms with Gasteiger partial charge in [-0.05, 0) is 35.9 Å². The Morgan fingerprint density at radius 2 is 0.943 bits per heavy atom. The number of carbonyl (C=O) groups excluding carboxylic acids is 1. The van der Waals surface area contributed by atoms with Crippen molar-refractivity contribution in [3.05, 3.63) is 75.4 Å². The number of hydrogen-bond acceptors (Lipinski definition) is 2. The molecule has 0 aromatic heterocycles. The van der Waals surface area contributed by atoms with E-state index in [9.17, 15) is 71.4 Å². The quantitative estimate of drug-likeness (QED) is 0.193. The van der Waals surface area contributed by atoms with Crippen molar-refractivity contribution in [3.63, 3.8) is 0 Å². The number of alkyl halides is 12. The highest BCUT2D eigenvalue weighted by atomic mass is 19.4. The molecular formula is C19H5F14O2-. The van der Waals surface area contributed by atoms with E-state index in [1.807, 2.05) is 0 Å². The molecule has 0 atom stereocenters. The molecule has 2 aromatic rings. The summed E-state index contributed by atoms with van der Waals surface area (Å²) in [6, 6.07) is -1.68. The molecular weight excluding hydrogens is 526 g/mol. The SMILES string of the molecule is O=C(/C=C(\[O-])c1cc(F)c(C(F)(F)F)c(C(F)(F)F)c1)c1cc(F)c(C(F)(F)F)c(C(F)(F)F)c1. The summed E-state index contributed by atoms with van der Waals surface area (Å²) in [4.78, 5) is 12.0. The van der Waals surface area contributed by atoms with Gasteiger partial charge in [0.05, 0.1) is 11.1 Å². The molecule has 0 aliphatic heterocycles. The van der Waals surface area contributed by atoms with Crippen LogP contribution < -0.4 is 5.11 Å². The summed E-state index contributed by atoms with van der Waals surface area (Å²) in [7, 11) is 0. The molecule has 0 bridgehead atoms. The predicted octanol–water partition coefficient (Wildman–Crippen LogP) is 6.62. The molecule has 0 amide bonds. The van der Waals surface area contributed by atoms with Crippen LogP contribution in [0.5, 0.6) is 0 Å². The van der Waals surface area contributed by atoms with Gasteiger partial charge < -0.3 is 5.11 Å². The molecule has 2 nitrogen and oxygen atoms in total. The molecule has 0 saturated heterocycles. The Morgan fingerprint density at radius 1 is 0.600 bits per heavy atom. The molecule has 16 heteroatoms. The van der Waals surface area contributed by atoms with Crippen LogP contribution in [-0.2, 0) is 24.7 Å². The molecule has 2 aromatic carbocycles. The molecule has 192 valence electrons. The number of halogens is 14. The molecule has 0 radical (unpaired) electrons. The maximum absolute atomic E-state index is 13.8. The minimum atomic E-state index is -5.87. The number of benzene rings is 2. The van der Waals surface area contributed by atoms with Gasteiger partial charge >= 0.3 is 24.7 Å². The first-order valence-corrected chi connectivity index (χ1v) is 8.44. The Balaban J connectivity index is 2.66. The monoisotopic (exact) mass is 531 g/mol. The van der Waals surface area contributed by atoms with E-state index < -0.39 is 93.4 Å². The molecule has 0 aliphatic carbocycles. The smallest absolute Gasteiger partial charge is 0.419 e. The zero-order valence-corrected chi connectivity index (χ0v) is 16.0. The van der Waals surface area contributed by atoms with Crippen molar-refractivity contribution < 1.29 is 71.4 Å². The highest BCUT2D eigenvalue weighted by Crippen LogP contribution is 2.44. The van der Waals surface area contributed by atoms with Crippen molar-refractivity contribution in [1.82, 2.24) is 0 Å². The van der Waals surface area contributed by atoms with Crippen LogP contribution in [0.25, 0.3) is 5.76 Å². The van der Waals surface area contributed by atoms with Crippen LogP contribution >= 0.6 is 0 Å². The van der Waals surface area contributed by atoms with E-state index >= 15 is 0 Å². The molecule has 35 heavy (non-hydrogen) atoms. The topological polar surface area (TPSA) is 40.1 Å². The average molecular weight is 531 g/mol. The minimum Gasteiger partial charge on any atom is -0.872 e. The summed E-state index contributed by atoms with van der Waals surface area (Å²) in [5.74, 6) is -9.11. The molecule has 2 rings (SSSR count). The van der Waals surface area contributed by atoms with Crippen LogP contribution in [0.15, 0.2) is 30.3 Å². The normalized spacial score (nSPS) is 13.8. The first-order chi connectivity index (χ1) is 15.5. The Kier molecular flexibility index (Phi) is 6.95. The van der Waals surface area contributed by atoms with Gasteiger partial charge in [0, 0.05) is 5.56 Å². The van der Waals surface area contributed by atoms with Crippen molar-refractivity contribution >= 4 is 11.5 Å². The van der Waals surface area contributed by atoms with Crippen molar-refractivity contribution in [3.8, 4) is 0 Å². The summed E-state index contributed by atoms with van der Waals surface area (Å²) in [6.07, 6.45) is -23.8. The zero-order chi connectivity index (χ0) is 27.3. The fourth-order valence-corrected chi connectivity index (χ4v) is 2.81. The highest BCUT2D eigenvalue weighted by molar-refractivity contribution is 6.07. The lowest BCUT2D eigenvalue weighted by Crippen LogP contribution is -2.20. The number of rotatable bonds is 3. The maximum atomic E-state index is 13.8. The maximum Gasteiger partial charge on any atom is 0.419 e. The second kappa shape index (κ2) is 8.71. The third-order valence-electron chi connectivity index (χ3n) is 4.19. The largest absolute Gasteiger partial charge is 0.872 e. The van der Waals surface area contributed by atoms with Crippen LogP contribution in [0.2, 0.25) is 0 Å². The fraction of sp³-hybridized carbons (Fsp3) is 0.211. The molecule has 0 spiro atoms. The van der Waals surface area contributed by atoms with Gasteiger partial charge in [0.25, 0.3) is 0 Å². The van der Waals surface area contributed by atoms with Crippen LogP contribution in [0.4, 0.5) is 61.5 Å². The van der Waals surface area contributed by atoms with Gasteiger partial charge in [-0.3, -0.25) is 4.79 Å². The number of allylic oxidation sites excluding steroid dienone is 1. The zero-order valence-electron chi connectivity index (χ0n) is 16.0. The van der Waals surface area contributed by atoms with E-state index in [0.29, 0.717) is 0 Å². The Bertz CT molecular complexity index is 1180. The van der Waals surface area contributed by atoms with E-state index in [4.69, 9.17) is 0 Å². The second-order valence-electron chi connectivity index (χ2n) is 6.63. The summed E-state index contributed by atoms with van der Waals surface area (Å²) in [5.41, 5.74) is -14.0. The third kappa shape index (κ3) is 6.03. The predicted molar refractivity (Wildman–Crippen MR) is 85.1 cm³/mol. The van der Waals surface area contributed by atoms with Gasteiger partial charge in [-0.2, -0.15) is 52.7 Å². The van der Waals surface area contributed by atoms with Gasteiger partial charge in [-0.1, -0.05) is 5.76 Å². The van der Waals surface area contributed by atoms with E-state index in [2.05, 4.69) is 0 Å². The molecule has 0 N–H and O–H groups in total. The fourth-order valence-electron chi connectivity index (χ4n) is 2.81. The average Bonchev–Trinajstić information content (AvgIpc) is 2.62. The summed E-state index contributed by atoms with van der Waals surface area (Å²) in [5, 5.41) is 12.0. The number of ketones is 1. The molecule has 0 fully saturated rings. The summed E-state index contributed by atoms with van der Waals surface area (Å²) in [6.45, 7) is 0. The van der Waals surface area contributed by atoms with Gasteiger partial charge in [-0.15, -0.1) is 0 Å². The second-order valence-corrected chi connectivity index (χ2v) is 6.63. The van der Waals surface area contributed by atoms with E-state index in [-0.39, 0.29) is 18.2 Å². The van der Waals surface area contributed by atoms with Crippen molar-refractivity contribution in [2.24, 2.45) is 0 Å². The lowest BCUT2D eigenvalue weighted by atomic mass is 9.98. The molecule has 0 heterocycles. The van der Waals surface area contributed by atoms with Crippen molar-refractivity contribution in [1.29, 1.82) is 0 Å². The Morgan fingerprint density at radius 3 is 1.29 bits per heavy atom. The van der Waals surface area contributed by atoms with E-state index in [1.54, 1.807) is 0 Å². The van der Waals surface area contributed by atoms with Crippen molar-refractivity contribution in [2.75, 3.05) is 0 Å². The first kappa shape index (κ1) is 27.9. The first-order valence-electron chi connectivity index (χ1n) is 8.44. The molecule has 0 unspecified atom stereocenters. The highest BCUT2D eigenvalue weighted by Gasteiger charge is 2.47. The summed E-state index contributed by atoms with van der Waals surface area (Å²) >= 11 is 0. The Labute approximate surface area is 184 Å². The van der Waals surface area contributed by atoms with Crippen LogP contribution in [0.1, 0.15) is 38.2 Å². The molecule has 0 aliphatic rings. The van der Waals surface area contributed by atoms with Crippen LogP contribution in [-0.4, -0.2) is 5.78 Å². The lowest BCUT2D eigenvalue weighted by Gasteiger charge is -2.20. The van der Waals surface area contributed by atoms with Gasteiger partial charge in [-0.25, -0.2) is 8.78 Å². The van der Waals surface area contributed by atoms with E-state index in [1.165, 1.54) is 0 Å². The van der Waals surface area contributed by atoms with Crippen molar-refractivity contribution in [2.45, 2.75) is 24.7 Å². The number of carbonyl (C=O) groups is 1.